The van der Waals surface area contributed by atoms with Gasteiger partial charge in [0.15, 0.2) is 11.5 Å². The molecule has 0 saturated carbocycles. The highest BCUT2D eigenvalue weighted by Gasteiger charge is 2.49. The van der Waals surface area contributed by atoms with Gasteiger partial charge in [-0.15, -0.1) is 6.58 Å². The van der Waals surface area contributed by atoms with Gasteiger partial charge in [0.1, 0.15) is 5.75 Å². The molecule has 30 heavy (non-hydrogen) atoms. The summed E-state index contributed by atoms with van der Waals surface area (Å²) in [5.74, 6) is 1.44. The number of aromatic hydroxyl groups is 1. The van der Waals surface area contributed by atoms with Crippen molar-refractivity contribution in [3.05, 3.63) is 65.7 Å². The topological polar surface area (TPSA) is 62.2 Å². The fourth-order valence-electron chi connectivity index (χ4n) is 5.32. The van der Waals surface area contributed by atoms with E-state index in [1.165, 1.54) is 0 Å². The van der Waals surface area contributed by atoms with E-state index in [1.807, 2.05) is 36.4 Å². The van der Waals surface area contributed by atoms with Crippen molar-refractivity contribution in [3.8, 4) is 17.2 Å². The molecular formula is C25H31NO4. The van der Waals surface area contributed by atoms with Gasteiger partial charge in [0.25, 0.3) is 0 Å². The van der Waals surface area contributed by atoms with Crippen LogP contribution in [0.25, 0.3) is 0 Å². The van der Waals surface area contributed by atoms with Gasteiger partial charge in [-0.2, -0.15) is 0 Å². The first kappa shape index (κ1) is 20.8. The highest BCUT2D eigenvalue weighted by molar-refractivity contribution is 5.49. The van der Waals surface area contributed by atoms with Crippen LogP contribution in [-0.4, -0.2) is 41.4 Å². The Balaban J connectivity index is 1.58. The quantitative estimate of drug-likeness (QED) is 0.673. The number of piperidine rings is 1. The molecule has 2 aliphatic heterocycles. The highest BCUT2D eigenvalue weighted by atomic mass is 16.5. The van der Waals surface area contributed by atoms with Crippen molar-refractivity contribution in [1.82, 2.24) is 4.90 Å². The van der Waals surface area contributed by atoms with Gasteiger partial charge in [0, 0.05) is 29.8 Å². The molecule has 2 aromatic rings. The number of phenolic OH excluding ortho intramolecular Hbond substituents is 1. The Kier molecular flexibility index (Phi) is 5.76. The number of ether oxygens (including phenoxy) is 2. The molecule has 2 aromatic carbocycles. The number of benzene rings is 2. The van der Waals surface area contributed by atoms with Crippen LogP contribution < -0.4 is 9.47 Å². The lowest BCUT2D eigenvalue weighted by Gasteiger charge is -2.44. The van der Waals surface area contributed by atoms with Crippen LogP contribution in [0.15, 0.2) is 49.1 Å². The van der Waals surface area contributed by atoms with Crippen molar-refractivity contribution in [2.24, 2.45) is 0 Å². The molecule has 160 valence electrons. The lowest BCUT2D eigenvalue weighted by molar-refractivity contribution is -0.0606. The monoisotopic (exact) mass is 409 g/mol. The Morgan fingerprint density at radius 3 is 2.40 bits per heavy atom. The fourth-order valence-corrected chi connectivity index (χ4v) is 5.32. The third-order valence-corrected chi connectivity index (χ3v) is 6.69. The van der Waals surface area contributed by atoms with E-state index >= 15 is 0 Å². The molecule has 5 heteroatoms. The zero-order valence-corrected chi connectivity index (χ0v) is 17.8. The number of rotatable bonds is 7. The van der Waals surface area contributed by atoms with Crippen LogP contribution in [-0.2, 0) is 18.6 Å². The molecule has 0 radical (unpaired) electrons. The van der Waals surface area contributed by atoms with Gasteiger partial charge in [-0.05, 0) is 49.8 Å². The van der Waals surface area contributed by atoms with Gasteiger partial charge < -0.3 is 19.7 Å². The number of phenols is 1. The Morgan fingerprint density at radius 2 is 1.77 bits per heavy atom. The second-order valence-corrected chi connectivity index (χ2v) is 8.50. The lowest BCUT2D eigenvalue weighted by Crippen LogP contribution is -2.49. The van der Waals surface area contributed by atoms with Crippen molar-refractivity contribution < 1.29 is 19.7 Å². The van der Waals surface area contributed by atoms with Crippen molar-refractivity contribution in [2.45, 2.75) is 56.3 Å². The third kappa shape index (κ3) is 3.68. The maximum absolute atomic E-state index is 11.6. The minimum atomic E-state index is -0.865. The van der Waals surface area contributed by atoms with Gasteiger partial charge in [-0.1, -0.05) is 30.3 Å². The van der Waals surface area contributed by atoms with Crippen LogP contribution in [0, 0.1) is 0 Å². The summed E-state index contributed by atoms with van der Waals surface area (Å²) in [6, 6.07) is 12.4. The maximum atomic E-state index is 11.6. The molecule has 0 aliphatic carbocycles. The predicted octanol–water partition coefficient (Wildman–Crippen LogP) is 4.15. The molecule has 2 saturated heterocycles. The zero-order valence-electron chi connectivity index (χ0n) is 17.8. The molecule has 0 spiro atoms. The summed E-state index contributed by atoms with van der Waals surface area (Å²) in [6.07, 6.45) is 5.93. The van der Waals surface area contributed by atoms with Crippen LogP contribution in [0.4, 0.5) is 0 Å². The summed E-state index contributed by atoms with van der Waals surface area (Å²) in [6.45, 7) is 4.57. The number of hydrogen-bond donors (Lipinski definition) is 2. The molecule has 2 fully saturated rings. The van der Waals surface area contributed by atoms with Gasteiger partial charge >= 0.3 is 0 Å². The number of para-hydroxylation sites is 1. The van der Waals surface area contributed by atoms with Gasteiger partial charge in [0.05, 0.1) is 19.8 Å². The molecule has 2 heterocycles. The first-order chi connectivity index (χ1) is 14.5. The molecule has 3 atom stereocenters. The Bertz CT molecular complexity index is 911. The average molecular weight is 410 g/mol. The molecular weight excluding hydrogens is 378 g/mol. The van der Waals surface area contributed by atoms with E-state index in [4.69, 9.17) is 9.47 Å². The van der Waals surface area contributed by atoms with Crippen molar-refractivity contribution in [3.63, 3.8) is 0 Å². The fraction of sp³-hybridized carbons (Fsp3) is 0.440. The predicted molar refractivity (Wildman–Crippen MR) is 117 cm³/mol. The lowest BCUT2D eigenvalue weighted by atomic mass is 9.80. The van der Waals surface area contributed by atoms with Crippen LogP contribution in [0.1, 0.15) is 42.4 Å². The van der Waals surface area contributed by atoms with Crippen LogP contribution in [0.3, 0.4) is 0 Å². The molecule has 1 unspecified atom stereocenters. The van der Waals surface area contributed by atoms with Crippen LogP contribution in [0.2, 0.25) is 0 Å². The van der Waals surface area contributed by atoms with Crippen molar-refractivity contribution >= 4 is 0 Å². The summed E-state index contributed by atoms with van der Waals surface area (Å²) in [5, 5.41) is 22.0. The Labute approximate surface area is 178 Å². The zero-order chi connectivity index (χ0) is 21.3. The van der Waals surface area contributed by atoms with Crippen molar-refractivity contribution in [2.75, 3.05) is 14.2 Å². The first-order valence-corrected chi connectivity index (χ1v) is 10.6. The summed E-state index contributed by atoms with van der Waals surface area (Å²) in [7, 11) is 3.24. The number of hydrogen-bond acceptors (Lipinski definition) is 5. The Morgan fingerprint density at radius 1 is 1.10 bits per heavy atom. The highest BCUT2D eigenvalue weighted by Crippen LogP contribution is 2.48. The second kappa shape index (κ2) is 8.32. The SMILES string of the molecule is C=CCc1cc(CN2[C@@H]3CC[C@H]2CC(O)(c2ccccc2OC)C3)cc(OC)c1O. The van der Waals surface area contributed by atoms with E-state index < -0.39 is 5.60 Å². The Hall–Kier alpha value is -2.50. The van der Waals surface area contributed by atoms with E-state index in [0.29, 0.717) is 37.1 Å². The van der Waals surface area contributed by atoms with Crippen LogP contribution >= 0.6 is 0 Å². The summed E-state index contributed by atoms with van der Waals surface area (Å²) in [4.78, 5) is 2.51. The number of allylic oxidation sites excluding steroid dienone is 1. The number of nitrogens with zero attached hydrogens (tertiary/aromatic N) is 1. The van der Waals surface area contributed by atoms with E-state index in [1.54, 1.807) is 20.3 Å². The number of methoxy groups -OCH3 is 2. The first-order valence-electron chi connectivity index (χ1n) is 10.6. The minimum absolute atomic E-state index is 0.188. The van der Waals surface area contributed by atoms with Crippen molar-refractivity contribution in [1.29, 1.82) is 0 Å². The van der Waals surface area contributed by atoms with Crippen LogP contribution in [0.5, 0.6) is 17.2 Å². The summed E-state index contributed by atoms with van der Waals surface area (Å²) in [5.41, 5.74) is 1.97. The molecule has 0 amide bonds. The molecule has 2 aliphatic rings. The largest absolute Gasteiger partial charge is 0.504 e. The molecule has 0 aromatic heterocycles. The maximum Gasteiger partial charge on any atom is 0.161 e. The standard InChI is InChI=1S/C25H31NO4/c1-4-7-18-12-17(13-23(30-3)24(18)27)16-26-19-10-11-20(26)15-25(28,14-19)21-8-5-6-9-22(21)29-2/h4-6,8-9,12-13,19-20,27-28H,1,7,10-11,14-16H2,2-3H3/t19-,20+,25?. The third-order valence-electron chi connectivity index (χ3n) is 6.69. The smallest absolute Gasteiger partial charge is 0.161 e. The van der Waals surface area contributed by atoms with E-state index in [0.717, 1.165) is 41.8 Å². The van der Waals surface area contributed by atoms with E-state index in [9.17, 15) is 10.2 Å². The average Bonchev–Trinajstić information content (AvgIpc) is 2.99. The van der Waals surface area contributed by atoms with E-state index in [2.05, 4.69) is 11.5 Å². The normalized spacial score (nSPS) is 25.8. The van der Waals surface area contributed by atoms with Gasteiger partial charge in [0.2, 0.25) is 0 Å². The summed E-state index contributed by atoms with van der Waals surface area (Å²) >= 11 is 0. The molecule has 2 N–H and O–H groups in total. The molecule has 2 bridgehead atoms. The van der Waals surface area contributed by atoms with Gasteiger partial charge in [-0.25, -0.2) is 0 Å². The molecule has 4 rings (SSSR count). The van der Waals surface area contributed by atoms with Gasteiger partial charge in [-0.3, -0.25) is 4.90 Å². The summed E-state index contributed by atoms with van der Waals surface area (Å²) < 4.78 is 10.9. The minimum Gasteiger partial charge on any atom is -0.504 e. The number of aliphatic hydroxyl groups is 1. The molecule has 5 nitrogen and oxygen atoms in total. The van der Waals surface area contributed by atoms with E-state index in [-0.39, 0.29) is 5.75 Å². The number of fused-ring (bicyclic) bond motifs is 2. The second-order valence-electron chi connectivity index (χ2n) is 8.50.